The average Bonchev–Trinajstić information content (AvgIpc) is 1.35. The van der Waals surface area contributed by atoms with Crippen LogP contribution in [0.15, 0.2) is 4.99 Å². The van der Waals surface area contributed by atoms with E-state index in [-0.39, 0.29) is 21.1 Å². The molecule has 2 amide bonds. The Morgan fingerprint density at radius 2 is 2.29 bits per heavy atom. The van der Waals surface area contributed by atoms with E-state index in [9.17, 15) is 4.79 Å². The number of primary amides is 1. The molecule has 0 aromatic carbocycles. The molecule has 0 aliphatic heterocycles. The molecule has 3 nitrogen and oxygen atoms in total. The Morgan fingerprint density at radius 3 is 2.29 bits per heavy atom. The Kier molecular flexibility index (Phi) is 8.28. The average molecular weight is 281 g/mol. The maximum absolute atomic E-state index is 9.62. The second-order valence-electron chi connectivity index (χ2n) is 0.726. The van der Waals surface area contributed by atoms with Crippen LogP contribution in [0.5, 0.6) is 0 Å². The molecule has 0 unspecified atom stereocenters. The Morgan fingerprint density at radius 1 is 1.86 bits per heavy atom. The minimum absolute atomic E-state index is 0. The van der Waals surface area contributed by atoms with Crippen LogP contribution in [0.1, 0.15) is 6.92 Å². The Hall–Kier alpha value is -0.172. The van der Waals surface area contributed by atoms with Crippen molar-refractivity contribution in [2.75, 3.05) is 0 Å². The number of carbonyl (C=O) groups is 1. The standard InChI is InChI=1S/C3H6N2O.Pt/c1-2-5-3(4)6;/h2H,1H3,(H2,4,6);. The van der Waals surface area contributed by atoms with Crippen LogP contribution >= 0.6 is 0 Å². The molecule has 0 bridgehead atoms. The van der Waals surface area contributed by atoms with E-state index in [0.717, 1.165) is 0 Å². The predicted octanol–water partition coefficient (Wildman–Crippen LogP) is 0.153. The summed E-state index contributed by atoms with van der Waals surface area (Å²) in [6.07, 6.45) is 1.35. The van der Waals surface area contributed by atoms with Crippen LogP contribution in [0, 0.1) is 0 Å². The van der Waals surface area contributed by atoms with Crippen molar-refractivity contribution in [3.63, 3.8) is 0 Å². The minimum atomic E-state index is -0.641. The number of nitrogens with zero attached hydrogens (tertiary/aromatic N) is 1. The molecule has 0 saturated carbocycles. The first kappa shape index (κ1) is 9.95. The Bertz CT molecular complexity index is 81.0. The van der Waals surface area contributed by atoms with Gasteiger partial charge >= 0.3 is 6.03 Å². The molecule has 4 heteroatoms. The molecule has 0 saturated heterocycles. The second-order valence-corrected chi connectivity index (χ2v) is 0.726. The number of aliphatic imine (C=N–C) groups is 1. The SMILES string of the molecule is CC=NC(N)=O.[Pt]. The number of urea groups is 1. The molecule has 2 N–H and O–H groups in total. The summed E-state index contributed by atoms with van der Waals surface area (Å²) in [6, 6.07) is -0.641. The number of rotatable bonds is 0. The summed E-state index contributed by atoms with van der Waals surface area (Å²) in [5.41, 5.74) is 4.57. The summed E-state index contributed by atoms with van der Waals surface area (Å²) in [7, 11) is 0. The van der Waals surface area contributed by atoms with Crippen LogP contribution in [0.2, 0.25) is 0 Å². The zero-order chi connectivity index (χ0) is 4.99. The molecule has 0 heterocycles. The summed E-state index contributed by atoms with van der Waals surface area (Å²) >= 11 is 0. The van der Waals surface area contributed by atoms with Gasteiger partial charge in [-0.25, -0.2) is 9.79 Å². The van der Waals surface area contributed by atoms with E-state index >= 15 is 0 Å². The molecule has 0 aliphatic carbocycles. The van der Waals surface area contributed by atoms with Gasteiger partial charge in [-0.1, -0.05) is 0 Å². The molecule has 0 aliphatic rings. The molecular weight excluding hydrogens is 275 g/mol. The van der Waals surface area contributed by atoms with Gasteiger partial charge in [0, 0.05) is 27.3 Å². The van der Waals surface area contributed by atoms with Crippen molar-refractivity contribution in [1.82, 2.24) is 0 Å². The molecular formula is C3H6N2OPt. The number of amides is 2. The summed E-state index contributed by atoms with van der Waals surface area (Å²) in [5.74, 6) is 0. The monoisotopic (exact) mass is 281 g/mol. The molecule has 0 radical (unpaired) electrons. The van der Waals surface area contributed by atoms with Crippen molar-refractivity contribution in [2.24, 2.45) is 10.7 Å². The Balaban J connectivity index is 0. The maximum Gasteiger partial charge on any atom is 0.337 e. The van der Waals surface area contributed by atoms with E-state index in [1.165, 1.54) is 6.21 Å². The van der Waals surface area contributed by atoms with Crippen LogP contribution in [0.3, 0.4) is 0 Å². The second kappa shape index (κ2) is 5.83. The van der Waals surface area contributed by atoms with Gasteiger partial charge in [0.2, 0.25) is 0 Å². The predicted molar refractivity (Wildman–Crippen MR) is 23.7 cm³/mol. The number of hydrogen-bond acceptors (Lipinski definition) is 1. The van der Waals surface area contributed by atoms with Crippen LogP contribution < -0.4 is 5.73 Å². The molecule has 44 valence electrons. The number of hydrogen-bond donors (Lipinski definition) is 1. The third-order valence-electron chi connectivity index (χ3n) is 0.256. The first-order valence-electron chi connectivity index (χ1n) is 1.55. The van der Waals surface area contributed by atoms with Gasteiger partial charge in [-0.2, -0.15) is 0 Å². The van der Waals surface area contributed by atoms with Crippen molar-refractivity contribution < 1.29 is 25.9 Å². The molecule has 0 fully saturated rings. The van der Waals surface area contributed by atoms with E-state index in [1.807, 2.05) is 0 Å². The molecule has 0 rings (SSSR count). The quantitative estimate of drug-likeness (QED) is 0.632. The normalized spacial score (nSPS) is 8.14. The van der Waals surface area contributed by atoms with Gasteiger partial charge < -0.3 is 5.73 Å². The van der Waals surface area contributed by atoms with Gasteiger partial charge in [0.1, 0.15) is 0 Å². The van der Waals surface area contributed by atoms with Gasteiger partial charge in [-0.3, -0.25) is 0 Å². The third kappa shape index (κ3) is 10.7. The van der Waals surface area contributed by atoms with Crippen LogP contribution in [-0.4, -0.2) is 12.2 Å². The first-order chi connectivity index (χ1) is 2.77. The number of nitrogens with two attached hydrogens (primary N) is 1. The summed E-state index contributed by atoms with van der Waals surface area (Å²) in [6.45, 7) is 1.63. The Labute approximate surface area is 56.3 Å². The van der Waals surface area contributed by atoms with E-state index in [4.69, 9.17) is 0 Å². The van der Waals surface area contributed by atoms with Crippen molar-refractivity contribution in [2.45, 2.75) is 6.92 Å². The minimum Gasteiger partial charge on any atom is -0.350 e. The van der Waals surface area contributed by atoms with Gasteiger partial charge in [-0.15, -0.1) is 0 Å². The van der Waals surface area contributed by atoms with E-state index < -0.39 is 6.03 Å². The molecule has 0 atom stereocenters. The van der Waals surface area contributed by atoms with Crippen LogP contribution in [-0.2, 0) is 21.1 Å². The molecule has 0 spiro atoms. The van der Waals surface area contributed by atoms with Crippen molar-refractivity contribution in [3.8, 4) is 0 Å². The fraction of sp³-hybridized carbons (Fsp3) is 0.333. The van der Waals surface area contributed by atoms with Crippen LogP contribution in [0.4, 0.5) is 4.79 Å². The summed E-state index contributed by atoms with van der Waals surface area (Å²) < 4.78 is 0. The van der Waals surface area contributed by atoms with Crippen molar-refractivity contribution in [1.29, 1.82) is 0 Å². The van der Waals surface area contributed by atoms with Crippen LogP contribution in [0.25, 0.3) is 0 Å². The van der Waals surface area contributed by atoms with E-state index in [2.05, 4.69) is 10.7 Å². The van der Waals surface area contributed by atoms with Gasteiger partial charge in [-0.05, 0) is 6.92 Å². The summed E-state index contributed by atoms with van der Waals surface area (Å²) in [4.78, 5) is 12.8. The van der Waals surface area contributed by atoms with Gasteiger partial charge in [0.25, 0.3) is 0 Å². The number of carbonyl (C=O) groups excluding carboxylic acids is 1. The zero-order valence-electron chi connectivity index (χ0n) is 3.83. The first-order valence-corrected chi connectivity index (χ1v) is 1.55. The molecule has 0 aromatic heterocycles. The van der Waals surface area contributed by atoms with Crippen molar-refractivity contribution in [3.05, 3.63) is 0 Å². The largest absolute Gasteiger partial charge is 0.350 e. The van der Waals surface area contributed by atoms with E-state index in [1.54, 1.807) is 6.92 Å². The maximum atomic E-state index is 9.62. The fourth-order valence-electron chi connectivity index (χ4n) is 0.127. The summed E-state index contributed by atoms with van der Waals surface area (Å²) in [5, 5.41) is 0. The molecule has 0 aromatic rings. The van der Waals surface area contributed by atoms with Crippen molar-refractivity contribution >= 4 is 12.2 Å². The van der Waals surface area contributed by atoms with Gasteiger partial charge in [0.05, 0.1) is 0 Å². The fourth-order valence-corrected chi connectivity index (χ4v) is 0.127. The van der Waals surface area contributed by atoms with E-state index in [0.29, 0.717) is 0 Å². The topological polar surface area (TPSA) is 55.4 Å². The smallest absolute Gasteiger partial charge is 0.337 e. The third-order valence-corrected chi connectivity index (χ3v) is 0.256. The van der Waals surface area contributed by atoms with Gasteiger partial charge in [0.15, 0.2) is 0 Å². The zero-order valence-corrected chi connectivity index (χ0v) is 6.10. The molecule has 7 heavy (non-hydrogen) atoms.